The van der Waals surface area contributed by atoms with E-state index in [9.17, 15) is 9.59 Å². The van der Waals surface area contributed by atoms with Crippen molar-refractivity contribution in [3.05, 3.63) is 95.6 Å². The number of anilines is 1. The number of rotatable bonds is 9. The highest BCUT2D eigenvalue weighted by Crippen LogP contribution is 2.33. The smallest absolute Gasteiger partial charge is 0.287 e. The quantitative estimate of drug-likeness (QED) is 0.220. The maximum absolute atomic E-state index is 13.4. The third-order valence-electron chi connectivity index (χ3n) is 6.83. The molecular formula is C30H34N5O3+. The largest absolute Gasteiger partial charge is 0.493 e. The predicted molar refractivity (Wildman–Crippen MR) is 146 cm³/mol. The van der Waals surface area contributed by atoms with Crippen LogP contribution in [0.5, 0.6) is 5.75 Å². The van der Waals surface area contributed by atoms with Crippen molar-refractivity contribution in [2.24, 2.45) is 5.11 Å². The Morgan fingerprint density at radius 3 is 2.29 bits per heavy atom. The fraction of sp³-hybridized carbons (Fsp3) is 0.300. The maximum Gasteiger partial charge on any atom is 0.287 e. The Hall–Kier alpha value is -4.33. The first-order valence-electron chi connectivity index (χ1n) is 13.0. The van der Waals surface area contributed by atoms with Crippen LogP contribution in [0.3, 0.4) is 0 Å². The normalized spacial score (nSPS) is 13.4. The molecule has 196 valence electrons. The van der Waals surface area contributed by atoms with Crippen LogP contribution >= 0.6 is 0 Å². The molecule has 0 spiro atoms. The highest BCUT2D eigenvalue weighted by atomic mass is 16.5. The third kappa shape index (κ3) is 7.35. The van der Waals surface area contributed by atoms with Gasteiger partial charge in [0.2, 0.25) is 5.91 Å². The average Bonchev–Trinajstić information content (AvgIpc) is 2.97. The molecule has 0 unspecified atom stereocenters. The van der Waals surface area contributed by atoms with E-state index in [1.165, 1.54) is 37.7 Å². The molecule has 2 amide bonds. The first-order valence-corrected chi connectivity index (χ1v) is 13.0. The number of carbonyl (C=O) groups is 2. The number of nitrogens with one attached hydrogen (secondary N) is 2. The predicted octanol–water partition coefficient (Wildman–Crippen LogP) is 4.61. The molecule has 1 aliphatic carbocycles. The summed E-state index contributed by atoms with van der Waals surface area (Å²) in [4.78, 5) is 27.4. The lowest BCUT2D eigenvalue weighted by atomic mass is 9.84. The van der Waals surface area contributed by atoms with Crippen LogP contribution in [-0.2, 0) is 11.3 Å². The van der Waals surface area contributed by atoms with Gasteiger partial charge in [-0.15, -0.1) is 5.53 Å². The summed E-state index contributed by atoms with van der Waals surface area (Å²) in [5, 5.41) is 12.8. The summed E-state index contributed by atoms with van der Waals surface area (Å²) >= 11 is 0. The van der Waals surface area contributed by atoms with Crippen molar-refractivity contribution >= 4 is 23.5 Å². The van der Waals surface area contributed by atoms with Gasteiger partial charge in [-0.05, 0) is 66.3 Å². The second kappa shape index (κ2) is 13.3. The van der Waals surface area contributed by atoms with E-state index in [4.69, 9.17) is 15.7 Å². The molecule has 4 N–H and O–H groups in total. The van der Waals surface area contributed by atoms with Crippen LogP contribution in [0.4, 0.5) is 5.69 Å². The van der Waals surface area contributed by atoms with Crippen molar-refractivity contribution in [2.45, 2.75) is 51.0 Å². The Balaban J connectivity index is 1.48. The molecule has 0 atom stereocenters. The maximum atomic E-state index is 13.4. The van der Waals surface area contributed by atoms with Crippen LogP contribution in [-0.4, -0.2) is 24.4 Å². The summed E-state index contributed by atoms with van der Waals surface area (Å²) in [6, 6.07) is 24.7. The lowest BCUT2D eigenvalue weighted by molar-refractivity contribution is -0.207. The molecule has 3 aromatic rings. The number of ether oxygens (including phenoxy) is 1. The highest BCUT2D eigenvalue weighted by Gasteiger charge is 2.19. The van der Waals surface area contributed by atoms with Gasteiger partial charge in [-0.3, -0.25) is 20.3 Å². The van der Waals surface area contributed by atoms with E-state index in [0.717, 1.165) is 17.0 Å². The Kier molecular flexibility index (Phi) is 9.34. The Morgan fingerprint density at radius 1 is 0.947 bits per heavy atom. The summed E-state index contributed by atoms with van der Waals surface area (Å²) < 4.78 is 5.77. The monoisotopic (exact) mass is 512 g/mol. The van der Waals surface area contributed by atoms with E-state index in [-0.39, 0.29) is 18.9 Å². The zero-order chi connectivity index (χ0) is 26.7. The van der Waals surface area contributed by atoms with Crippen LogP contribution in [0.1, 0.15) is 65.9 Å². The summed E-state index contributed by atoms with van der Waals surface area (Å²) in [6.07, 6.45) is 6.52. The summed E-state index contributed by atoms with van der Waals surface area (Å²) in [5.74, 6) is 0.387. The fourth-order valence-electron chi connectivity index (χ4n) is 4.75. The van der Waals surface area contributed by atoms with Gasteiger partial charge in [0.25, 0.3) is 11.9 Å². The minimum atomic E-state index is -0.472. The lowest BCUT2D eigenvalue weighted by Gasteiger charge is -2.25. The van der Waals surface area contributed by atoms with Crippen LogP contribution in [0.15, 0.2) is 84.0 Å². The van der Waals surface area contributed by atoms with Gasteiger partial charge >= 0.3 is 0 Å². The van der Waals surface area contributed by atoms with Crippen LogP contribution < -0.4 is 20.5 Å². The van der Waals surface area contributed by atoms with E-state index in [0.29, 0.717) is 18.0 Å². The lowest BCUT2D eigenvalue weighted by Crippen LogP contribution is -2.36. The summed E-state index contributed by atoms with van der Waals surface area (Å²) in [5.41, 5.74) is 8.42. The molecule has 0 bridgehead atoms. The number of carbonyl (C=O) groups excluding carboxylic acids is 2. The van der Waals surface area contributed by atoms with E-state index in [1.807, 2.05) is 42.5 Å². The standard InChI is InChI=1S/C30H33N5O3/c31-30(34-32)33-29(37)25-13-11-22(12-14-25)21-35(28(36)19-20-38-27-9-5-2-6-10-27)26-17-15-24(16-18-26)23-7-3-1-4-8-23/h2,5-6,9-18,23,32H,1,3-4,7-8,19-21H2,(H2,31,33,37)/p+1. The van der Waals surface area contributed by atoms with Gasteiger partial charge in [-0.2, -0.15) is 0 Å². The molecule has 0 aliphatic heterocycles. The molecule has 8 heteroatoms. The zero-order valence-electron chi connectivity index (χ0n) is 21.4. The molecule has 0 heterocycles. The SMILES string of the molecule is N=C(N=[NH2+])NC(=O)c1ccc(CN(C(=O)CCOc2ccccc2)c2ccc(C3CCCCC3)cc2)cc1. The Bertz CT molecular complexity index is 1240. The van der Waals surface area contributed by atoms with Crippen molar-refractivity contribution in [3.63, 3.8) is 0 Å². The van der Waals surface area contributed by atoms with Gasteiger partial charge in [0, 0.05) is 16.4 Å². The van der Waals surface area contributed by atoms with E-state index in [2.05, 4.69) is 22.6 Å². The number of nitrogens with two attached hydrogens (primary N) is 1. The van der Waals surface area contributed by atoms with Crippen LogP contribution in [0, 0.1) is 5.41 Å². The molecule has 1 aliphatic rings. The number of hydrogen-bond donors (Lipinski definition) is 3. The number of hydrogen-bond acceptors (Lipinski definition) is 4. The van der Waals surface area contributed by atoms with Gasteiger partial charge in [-0.1, -0.05) is 61.7 Å². The third-order valence-corrected chi connectivity index (χ3v) is 6.83. The number of benzene rings is 3. The molecule has 1 fully saturated rings. The topological polar surface area (TPSA) is 120 Å². The minimum absolute atomic E-state index is 0.0498. The van der Waals surface area contributed by atoms with E-state index >= 15 is 0 Å². The van der Waals surface area contributed by atoms with Gasteiger partial charge < -0.3 is 9.64 Å². The van der Waals surface area contributed by atoms with Gasteiger partial charge in [0.15, 0.2) is 0 Å². The number of para-hydroxylation sites is 1. The first kappa shape index (κ1) is 26.7. The second-order valence-electron chi connectivity index (χ2n) is 9.45. The molecule has 4 rings (SSSR count). The second-order valence-corrected chi connectivity index (χ2v) is 9.45. The van der Waals surface area contributed by atoms with Crippen molar-refractivity contribution in [1.29, 1.82) is 5.41 Å². The molecule has 0 aromatic heterocycles. The van der Waals surface area contributed by atoms with Crippen molar-refractivity contribution < 1.29 is 19.9 Å². The molecule has 1 saturated carbocycles. The van der Waals surface area contributed by atoms with Crippen molar-refractivity contribution in [3.8, 4) is 5.75 Å². The molecule has 3 aromatic carbocycles. The minimum Gasteiger partial charge on any atom is -0.493 e. The summed E-state index contributed by atoms with van der Waals surface area (Å²) in [7, 11) is 0. The summed E-state index contributed by atoms with van der Waals surface area (Å²) in [6.45, 7) is 0.625. The molecule has 0 radical (unpaired) electrons. The molecular weight excluding hydrogens is 478 g/mol. The number of nitrogens with zero attached hydrogens (tertiary/aromatic N) is 2. The number of guanidine groups is 1. The Morgan fingerprint density at radius 2 is 1.63 bits per heavy atom. The van der Waals surface area contributed by atoms with Gasteiger partial charge in [0.1, 0.15) is 5.75 Å². The zero-order valence-corrected chi connectivity index (χ0v) is 21.4. The van der Waals surface area contributed by atoms with Crippen LogP contribution in [0.25, 0.3) is 0 Å². The van der Waals surface area contributed by atoms with Crippen molar-refractivity contribution in [1.82, 2.24) is 5.32 Å². The Labute approximate surface area is 223 Å². The number of amides is 2. The van der Waals surface area contributed by atoms with Gasteiger partial charge in [-0.25, -0.2) is 0 Å². The first-order chi connectivity index (χ1) is 18.5. The van der Waals surface area contributed by atoms with E-state index < -0.39 is 11.9 Å². The molecule has 0 saturated heterocycles. The molecule has 8 nitrogen and oxygen atoms in total. The van der Waals surface area contributed by atoms with Crippen LogP contribution in [0.2, 0.25) is 0 Å². The van der Waals surface area contributed by atoms with Gasteiger partial charge in [0.05, 0.1) is 19.6 Å². The molecule has 38 heavy (non-hydrogen) atoms. The fourth-order valence-corrected chi connectivity index (χ4v) is 4.75. The van der Waals surface area contributed by atoms with E-state index in [1.54, 1.807) is 29.2 Å². The van der Waals surface area contributed by atoms with Crippen molar-refractivity contribution in [2.75, 3.05) is 11.5 Å². The average molecular weight is 513 g/mol. The highest BCUT2D eigenvalue weighted by molar-refractivity contribution is 6.04.